The van der Waals surface area contributed by atoms with Crippen LogP contribution in [0.15, 0.2) is 41.5 Å². The summed E-state index contributed by atoms with van der Waals surface area (Å²) in [6, 6.07) is 9.55. The lowest BCUT2D eigenvalue weighted by atomic mass is 10.0. The number of nitrogens with zero attached hydrogens (tertiary/aromatic N) is 3. The second kappa shape index (κ2) is 7.02. The maximum Gasteiger partial charge on any atom is 0.192 e. The molecule has 2 aromatic rings. The smallest absolute Gasteiger partial charge is 0.192 e. The third-order valence-corrected chi connectivity index (χ3v) is 5.05. The molecular weight excluding hydrogens is 314 g/mol. The lowest BCUT2D eigenvalue weighted by molar-refractivity contribution is -0.0198. The Morgan fingerprint density at radius 1 is 1.36 bits per heavy atom. The summed E-state index contributed by atoms with van der Waals surface area (Å²) in [4.78, 5) is 24.0. The van der Waals surface area contributed by atoms with Crippen LogP contribution in [0.5, 0.6) is 0 Å². The number of fused-ring (bicyclic) bond motifs is 1. The van der Waals surface area contributed by atoms with E-state index in [0.29, 0.717) is 24.6 Å². The minimum absolute atomic E-state index is 0.0642. The van der Waals surface area contributed by atoms with E-state index in [1.807, 2.05) is 30.3 Å². The molecule has 0 bridgehead atoms. The fourth-order valence-corrected chi connectivity index (χ4v) is 3.76. The van der Waals surface area contributed by atoms with E-state index in [2.05, 4.69) is 21.8 Å². The Hall–Kier alpha value is -2.11. The minimum atomic E-state index is -0.383. The van der Waals surface area contributed by atoms with Crippen molar-refractivity contribution in [1.82, 2.24) is 9.88 Å². The van der Waals surface area contributed by atoms with E-state index in [0.717, 1.165) is 37.0 Å². The predicted molar refractivity (Wildman–Crippen MR) is 98.3 cm³/mol. The van der Waals surface area contributed by atoms with Gasteiger partial charge in [-0.3, -0.25) is 19.7 Å². The van der Waals surface area contributed by atoms with Gasteiger partial charge in [-0.2, -0.15) is 0 Å². The number of ketones is 1. The number of pyridine rings is 1. The van der Waals surface area contributed by atoms with Crippen molar-refractivity contribution < 1.29 is 9.53 Å². The zero-order chi connectivity index (χ0) is 17.2. The van der Waals surface area contributed by atoms with Crippen LogP contribution < -0.4 is 0 Å². The van der Waals surface area contributed by atoms with E-state index in [4.69, 9.17) is 4.74 Å². The van der Waals surface area contributed by atoms with Gasteiger partial charge in [0.05, 0.1) is 12.1 Å². The second-order valence-corrected chi connectivity index (χ2v) is 7.04. The fraction of sp³-hybridized carbons (Fsp3) is 0.450. The molecule has 0 amide bonds. The molecule has 4 rings (SSSR count). The highest BCUT2D eigenvalue weighted by atomic mass is 16.5. The van der Waals surface area contributed by atoms with Gasteiger partial charge >= 0.3 is 0 Å². The van der Waals surface area contributed by atoms with E-state index in [1.54, 1.807) is 6.20 Å². The van der Waals surface area contributed by atoms with Crippen LogP contribution in [0.1, 0.15) is 23.7 Å². The van der Waals surface area contributed by atoms with Gasteiger partial charge in [0.1, 0.15) is 6.10 Å². The van der Waals surface area contributed by atoms with Gasteiger partial charge in [0.2, 0.25) is 0 Å². The van der Waals surface area contributed by atoms with Crippen molar-refractivity contribution in [2.24, 2.45) is 10.9 Å². The lowest BCUT2D eigenvalue weighted by Gasteiger charge is -2.33. The van der Waals surface area contributed by atoms with Gasteiger partial charge in [0, 0.05) is 49.0 Å². The molecule has 0 spiro atoms. The minimum Gasteiger partial charge on any atom is -0.367 e. The normalized spacial score (nSPS) is 24.4. The molecular formula is C20H23N3O2. The quantitative estimate of drug-likeness (QED) is 0.805. The van der Waals surface area contributed by atoms with Crippen LogP contribution in [0.4, 0.5) is 0 Å². The highest BCUT2D eigenvalue weighted by molar-refractivity contribution is 6.02. The summed E-state index contributed by atoms with van der Waals surface area (Å²) in [5, 5.41) is 0.986. The Balaban J connectivity index is 1.43. The zero-order valence-corrected chi connectivity index (χ0v) is 14.5. The van der Waals surface area contributed by atoms with Crippen LogP contribution >= 0.6 is 0 Å². The molecule has 2 aliphatic heterocycles. The largest absolute Gasteiger partial charge is 0.367 e. The van der Waals surface area contributed by atoms with E-state index >= 15 is 0 Å². The molecule has 2 unspecified atom stereocenters. The van der Waals surface area contributed by atoms with E-state index in [-0.39, 0.29) is 11.9 Å². The van der Waals surface area contributed by atoms with Crippen LogP contribution in [0.3, 0.4) is 0 Å². The van der Waals surface area contributed by atoms with Crippen LogP contribution in [0.25, 0.3) is 10.9 Å². The average Bonchev–Trinajstić information content (AvgIpc) is 3.05. The molecule has 5 nitrogen and oxygen atoms in total. The summed E-state index contributed by atoms with van der Waals surface area (Å²) in [5.41, 5.74) is 2.85. The first kappa shape index (κ1) is 16.4. The number of carbonyl (C=O) groups excluding carboxylic acids is 1. The number of aromatic nitrogens is 1. The second-order valence-electron chi connectivity index (χ2n) is 7.04. The molecule has 0 aliphatic carbocycles. The standard InChI is InChI=1S/C20H23N3O2/c1-14-9-15(11-22-14)12-23-7-8-25-19(13-23)20(24)17-4-5-18-16(10-17)3-2-6-21-18/h2-6,10,15,19H,7-9,11-13H2,1H3. The maximum atomic E-state index is 12.9. The monoisotopic (exact) mass is 337 g/mol. The zero-order valence-electron chi connectivity index (χ0n) is 14.5. The van der Waals surface area contributed by atoms with E-state index in [1.165, 1.54) is 5.71 Å². The van der Waals surface area contributed by atoms with Crippen molar-refractivity contribution in [2.75, 3.05) is 32.8 Å². The van der Waals surface area contributed by atoms with Gasteiger partial charge in [-0.1, -0.05) is 6.07 Å². The van der Waals surface area contributed by atoms with Crippen LogP contribution in [0, 0.1) is 5.92 Å². The van der Waals surface area contributed by atoms with Gasteiger partial charge < -0.3 is 4.74 Å². The first-order valence-corrected chi connectivity index (χ1v) is 8.92. The predicted octanol–water partition coefficient (Wildman–Crippen LogP) is 2.60. The van der Waals surface area contributed by atoms with E-state index < -0.39 is 0 Å². The topological polar surface area (TPSA) is 54.8 Å². The van der Waals surface area contributed by atoms with Crippen molar-refractivity contribution in [1.29, 1.82) is 0 Å². The van der Waals surface area contributed by atoms with Gasteiger partial charge in [0.25, 0.3) is 0 Å². The number of hydrogen-bond donors (Lipinski definition) is 0. The fourth-order valence-electron chi connectivity index (χ4n) is 3.76. The summed E-state index contributed by atoms with van der Waals surface area (Å²) in [7, 11) is 0. The number of carbonyl (C=O) groups is 1. The Kier molecular flexibility index (Phi) is 4.59. The lowest BCUT2D eigenvalue weighted by Crippen LogP contribution is -2.47. The molecule has 5 heteroatoms. The molecule has 1 aromatic heterocycles. The number of aliphatic imine (C=N–C) groups is 1. The van der Waals surface area contributed by atoms with Crippen molar-refractivity contribution in [3.63, 3.8) is 0 Å². The van der Waals surface area contributed by atoms with Crippen LogP contribution in [-0.4, -0.2) is 60.3 Å². The van der Waals surface area contributed by atoms with E-state index in [9.17, 15) is 4.79 Å². The molecule has 130 valence electrons. The Morgan fingerprint density at radius 3 is 3.12 bits per heavy atom. The first-order chi connectivity index (χ1) is 12.2. The maximum absolute atomic E-state index is 12.9. The Bertz CT molecular complexity index is 817. The number of rotatable bonds is 4. The van der Waals surface area contributed by atoms with Crippen LogP contribution in [0.2, 0.25) is 0 Å². The highest BCUT2D eigenvalue weighted by Crippen LogP contribution is 2.20. The molecule has 1 aromatic carbocycles. The van der Waals surface area contributed by atoms with Crippen molar-refractivity contribution in [3.05, 3.63) is 42.1 Å². The highest BCUT2D eigenvalue weighted by Gasteiger charge is 2.29. The Morgan fingerprint density at radius 2 is 2.28 bits per heavy atom. The summed E-state index contributed by atoms with van der Waals surface area (Å²) in [6.45, 7) is 6.17. The van der Waals surface area contributed by atoms with Gasteiger partial charge in [-0.05, 0) is 43.5 Å². The SMILES string of the molecule is CC1=NCC(CN2CCOC(C(=O)c3ccc4ncccc4c3)C2)C1. The molecule has 0 N–H and O–H groups in total. The van der Waals surface area contributed by atoms with Crippen molar-refractivity contribution >= 4 is 22.4 Å². The van der Waals surface area contributed by atoms with Gasteiger partial charge in [-0.25, -0.2) is 0 Å². The molecule has 2 aliphatic rings. The Labute approximate surface area is 147 Å². The molecule has 3 heterocycles. The summed E-state index contributed by atoms with van der Waals surface area (Å²) >= 11 is 0. The molecule has 0 saturated carbocycles. The van der Waals surface area contributed by atoms with Crippen molar-refractivity contribution in [2.45, 2.75) is 19.4 Å². The number of ether oxygens (including phenoxy) is 1. The summed E-state index contributed by atoms with van der Waals surface area (Å²) < 4.78 is 5.79. The molecule has 25 heavy (non-hydrogen) atoms. The molecule has 1 fully saturated rings. The van der Waals surface area contributed by atoms with Gasteiger partial charge in [-0.15, -0.1) is 0 Å². The average molecular weight is 337 g/mol. The molecule has 1 saturated heterocycles. The number of benzene rings is 1. The molecule has 2 atom stereocenters. The third-order valence-electron chi connectivity index (χ3n) is 5.05. The van der Waals surface area contributed by atoms with Gasteiger partial charge in [0.15, 0.2) is 5.78 Å². The number of Topliss-reactive ketones (excluding diaryl/α,β-unsaturated/α-hetero) is 1. The third kappa shape index (κ3) is 3.62. The number of morpholine rings is 1. The summed E-state index contributed by atoms with van der Waals surface area (Å²) in [6.07, 6.45) is 2.46. The molecule has 0 radical (unpaired) electrons. The first-order valence-electron chi connectivity index (χ1n) is 8.92. The number of hydrogen-bond acceptors (Lipinski definition) is 5. The summed E-state index contributed by atoms with van der Waals surface area (Å²) in [5.74, 6) is 0.648. The van der Waals surface area contributed by atoms with Crippen molar-refractivity contribution in [3.8, 4) is 0 Å². The van der Waals surface area contributed by atoms with Crippen LogP contribution in [-0.2, 0) is 4.74 Å².